The molecule has 2 bridgehead atoms. The molecule has 2 aliphatic rings. The number of aromatic hydroxyl groups is 1. The van der Waals surface area contributed by atoms with Gasteiger partial charge in [-0.05, 0) is 38.8 Å². The van der Waals surface area contributed by atoms with E-state index in [4.69, 9.17) is 8.85 Å². The highest BCUT2D eigenvalue weighted by Crippen LogP contribution is 2.43. The summed E-state index contributed by atoms with van der Waals surface area (Å²) in [6.07, 6.45) is 8.56. The zero-order chi connectivity index (χ0) is 23.4. The monoisotopic (exact) mass is 409 g/mol. The molecule has 3 aromatic heterocycles. The van der Waals surface area contributed by atoms with Crippen LogP contribution in [0, 0.1) is 0 Å². The van der Waals surface area contributed by atoms with Crippen LogP contribution in [0.5, 0.6) is 11.6 Å². The van der Waals surface area contributed by atoms with Gasteiger partial charge in [0.25, 0.3) is 0 Å². The molecule has 3 atom stereocenters. The molecule has 0 aromatic carbocycles. The predicted octanol–water partition coefficient (Wildman–Crippen LogP) is 3.09. The fourth-order valence-electron chi connectivity index (χ4n) is 4.83. The van der Waals surface area contributed by atoms with Crippen molar-refractivity contribution in [2.24, 2.45) is 6.98 Å². The summed E-state index contributed by atoms with van der Waals surface area (Å²) in [4.78, 5) is 4.31. The van der Waals surface area contributed by atoms with E-state index in [1.165, 1.54) is 24.7 Å². The molecule has 8 nitrogen and oxygen atoms in total. The highest BCUT2D eigenvalue weighted by molar-refractivity contribution is 5.69. The number of nitrogens with one attached hydrogen (secondary N) is 1. The highest BCUT2D eigenvalue weighted by Gasteiger charge is 2.49. The molecule has 30 heavy (non-hydrogen) atoms. The molecule has 156 valence electrons. The molecule has 2 fully saturated rings. The summed E-state index contributed by atoms with van der Waals surface area (Å²) in [6.45, 7) is 2.12. The summed E-state index contributed by atoms with van der Waals surface area (Å²) in [5, 5.41) is 26.5. The molecular weight excluding hydrogens is 380 g/mol. The minimum Gasteiger partial charge on any atom is -0.506 e. The average Bonchev–Trinajstić information content (AvgIpc) is 3.31. The highest BCUT2D eigenvalue weighted by atomic mass is 16.5. The number of aromatic nitrogens is 5. The van der Waals surface area contributed by atoms with E-state index in [0.29, 0.717) is 22.7 Å². The molecule has 0 saturated carbocycles. The topological polar surface area (TPSA) is 98.0 Å². The molecule has 0 amide bonds. The first kappa shape index (κ1) is 15.8. The lowest BCUT2D eigenvalue weighted by molar-refractivity contribution is 0.0754. The van der Waals surface area contributed by atoms with Crippen LogP contribution in [0.3, 0.4) is 0 Å². The number of rotatable bonds is 4. The Morgan fingerprint density at radius 2 is 1.97 bits per heavy atom. The van der Waals surface area contributed by atoms with Crippen LogP contribution in [-0.4, -0.2) is 47.3 Å². The molecule has 5 rings (SSSR count). The quantitative estimate of drug-likeness (QED) is 0.683. The largest absolute Gasteiger partial charge is 0.506 e. The summed E-state index contributed by atoms with van der Waals surface area (Å²) in [5.74, 6) is 0.360. The Morgan fingerprint density at radius 3 is 2.60 bits per heavy atom. The summed E-state index contributed by atoms with van der Waals surface area (Å²) in [7, 11) is 0. The van der Waals surface area contributed by atoms with Gasteiger partial charge in [0.15, 0.2) is 0 Å². The average molecular weight is 410 g/mol. The van der Waals surface area contributed by atoms with Crippen LogP contribution >= 0.6 is 0 Å². The van der Waals surface area contributed by atoms with Gasteiger partial charge in [-0.15, -0.1) is 10.2 Å². The number of hydrogen-bond donors (Lipinski definition) is 2. The molecular formula is C22H26N6O2. The summed E-state index contributed by atoms with van der Waals surface area (Å²) >= 11 is 0. The molecule has 0 spiro atoms. The van der Waals surface area contributed by atoms with Gasteiger partial charge in [-0.1, -0.05) is 0 Å². The van der Waals surface area contributed by atoms with Crippen LogP contribution in [0.15, 0.2) is 36.8 Å². The van der Waals surface area contributed by atoms with Crippen molar-refractivity contribution in [2.45, 2.75) is 56.7 Å². The van der Waals surface area contributed by atoms with Gasteiger partial charge in [0.05, 0.1) is 6.20 Å². The van der Waals surface area contributed by atoms with E-state index < -0.39 is 6.98 Å². The van der Waals surface area contributed by atoms with Gasteiger partial charge >= 0.3 is 0 Å². The van der Waals surface area contributed by atoms with Gasteiger partial charge in [-0.3, -0.25) is 4.68 Å². The van der Waals surface area contributed by atoms with Gasteiger partial charge in [-0.2, -0.15) is 5.10 Å². The first-order chi connectivity index (χ1) is 15.5. The van der Waals surface area contributed by atoms with Gasteiger partial charge in [0.2, 0.25) is 5.88 Å². The summed E-state index contributed by atoms with van der Waals surface area (Å²) in [5.41, 5.74) is 1.97. The molecule has 8 heteroatoms. The fraction of sp³-hybridized carbons (Fsp3) is 0.455. The van der Waals surface area contributed by atoms with E-state index >= 15 is 0 Å². The van der Waals surface area contributed by atoms with E-state index in [9.17, 15) is 5.11 Å². The molecule has 1 unspecified atom stereocenters. The van der Waals surface area contributed by atoms with Gasteiger partial charge in [0.1, 0.15) is 23.2 Å². The number of fused-ring (bicyclic) bond motifs is 2. The number of nitrogens with zero attached hydrogens (tertiary/aromatic N) is 5. The first-order valence-electron chi connectivity index (χ1n) is 11.6. The molecule has 0 radical (unpaired) electrons. The maximum atomic E-state index is 10.5. The number of ether oxygens (including phenoxy) is 1. The summed E-state index contributed by atoms with van der Waals surface area (Å²) in [6, 6.07) is 4.96. The second-order valence-corrected chi connectivity index (χ2v) is 8.92. The maximum absolute atomic E-state index is 10.5. The van der Waals surface area contributed by atoms with Gasteiger partial charge in [0, 0.05) is 64.6 Å². The van der Waals surface area contributed by atoms with Crippen molar-refractivity contribution in [3.63, 3.8) is 0 Å². The summed E-state index contributed by atoms with van der Waals surface area (Å²) < 4.78 is 29.3. The fourth-order valence-corrected chi connectivity index (χ4v) is 4.83. The molecule has 0 aliphatic carbocycles. The lowest BCUT2D eigenvalue weighted by Crippen LogP contribution is -2.56. The standard InChI is InChI=1S/C22H26N6O2/c1-21-6-7-22(2,27-21)10-16(9-21)30-19-5-4-17(25-26-19)20-18(29)8-14(11-23-20)15-12-24-28(3)13-15/h4-5,8,11-13,16,27,29H,6-7,9-10H2,1-3H3/t16?,21-,22+/i3D3. The minimum atomic E-state index is -2.36. The zero-order valence-electron chi connectivity index (χ0n) is 20.0. The van der Waals surface area contributed by atoms with Crippen molar-refractivity contribution >= 4 is 0 Å². The Kier molecular flexibility index (Phi) is 3.56. The molecule has 5 heterocycles. The molecule has 2 N–H and O–H groups in total. The second-order valence-electron chi connectivity index (χ2n) is 8.92. The second kappa shape index (κ2) is 6.77. The lowest BCUT2D eigenvalue weighted by Gasteiger charge is -2.41. The van der Waals surface area contributed by atoms with Crippen molar-refractivity contribution in [3.8, 4) is 34.1 Å². The number of pyridine rings is 1. The number of hydrogen-bond acceptors (Lipinski definition) is 7. The molecule has 2 saturated heterocycles. The third-order valence-electron chi connectivity index (χ3n) is 6.14. The Morgan fingerprint density at radius 1 is 1.17 bits per heavy atom. The molecule has 3 aromatic rings. The Balaban J connectivity index is 1.31. The van der Waals surface area contributed by atoms with Crippen LogP contribution in [0.25, 0.3) is 22.5 Å². The normalized spacial score (nSPS) is 29.8. The first-order valence-corrected chi connectivity index (χ1v) is 10.1. The SMILES string of the molecule is [2H]C([2H])([2H])n1cc(-c2cnc(-c3ccc(OC4C[C@]5(C)CC[C@](C)(C4)N5)nn3)c(O)c2)cn1. The van der Waals surface area contributed by atoms with Crippen molar-refractivity contribution < 1.29 is 14.0 Å². The minimum absolute atomic E-state index is 0.0746. The maximum Gasteiger partial charge on any atom is 0.233 e. The van der Waals surface area contributed by atoms with E-state index in [-0.39, 0.29) is 28.6 Å². The number of piperidine rings is 1. The van der Waals surface area contributed by atoms with Crippen molar-refractivity contribution in [2.75, 3.05) is 0 Å². The van der Waals surface area contributed by atoms with Crippen molar-refractivity contribution in [3.05, 3.63) is 36.8 Å². The van der Waals surface area contributed by atoms with E-state index in [2.05, 4.69) is 39.4 Å². The van der Waals surface area contributed by atoms with Crippen LogP contribution in [0.2, 0.25) is 0 Å². The lowest BCUT2D eigenvalue weighted by atomic mass is 9.86. The van der Waals surface area contributed by atoms with Gasteiger partial charge < -0.3 is 15.2 Å². The number of aryl methyl sites for hydroxylation is 1. The van der Waals surface area contributed by atoms with Crippen LogP contribution < -0.4 is 10.1 Å². The van der Waals surface area contributed by atoms with Crippen LogP contribution in [0.4, 0.5) is 0 Å². The Hall–Kier alpha value is -3.00. The van der Waals surface area contributed by atoms with Crippen molar-refractivity contribution in [1.29, 1.82) is 0 Å². The molecule has 2 aliphatic heterocycles. The zero-order valence-corrected chi connectivity index (χ0v) is 17.0. The van der Waals surface area contributed by atoms with E-state index in [1.807, 2.05) is 0 Å². The van der Waals surface area contributed by atoms with Crippen LogP contribution in [0.1, 0.15) is 43.6 Å². The Bertz CT molecular complexity index is 1160. The third kappa shape index (κ3) is 3.52. The van der Waals surface area contributed by atoms with Gasteiger partial charge in [-0.25, -0.2) is 4.98 Å². The van der Waals surface area contributed by atoms with Crippen molar-refractivity contribution in [1.82, 2.24) is 30.3 Å². The van der Waals surface area contributed by atoms with Crippen LogP contribution in [-0.2, 0) is 6.98 Å². The third-order valence-corrected chi connectivity index (χ3v) is 6.14. The van der Waals surface area contributed by atoms with E-state index in [0.717, 1.165) is 30.4 Å². The smallest absolute Gasteiger partial charge is 0.233 e. The predicted molar refractivity (Wildman–Crippen MR) is 112 cm³/mol. The Labute approximate surface area is 179 Å². The van der Waals surface area contributed by atoms with E-state index in [1.54, 1.807) is 12.1 Å².